The molecular weight excluding hydrogens is 232 g/mol. The molecule has 1 aromatic carbocycles. The molecule has 0 radical (unpaired) electrons. The van der Waals surface area contributed by atoms with Crippen molar-refractivity contribution in [3.63, 3.8) is 0 Å². The molecule has 1 heterocycles. The van der Waals surface area contributed by atoms with Crippen molar-refractivity contribution in [1.29, 1.82) is 0 Å². The minimum Gasteiger partial charge on any atom is -0.497 e. The molecule has 0 bridgehead atoms. The Hall–Kier alpha value is -2.17. The SMILES string of the molecule is COc1ccc2nc(C(=O)O)nc(C(C)C)c2c1. The average molecular weight is 246 g/mol. The van der Waals surface area contributed by atoms with E-state index in [4.69, 9.17) is 9.84 Å². The second-order valence-corrected chi connectivity index (χ2v) is 4.28. The summed E-state index contributed by atoms with van der Waals surface area (Å²) in [5.74, 6) is -0.470. The van der Waals surface area contributed by atoms with E-state index in [2.05, 4.69) is 9.97 Å². The summed E-state index contributed by atoms with van der Waals surface area (Å²) in [6.45, 7) is 3.93. The van der Waals surface area contributed by atoms with Crippen LogP contribution >= 0.6 is 0 Å². The molecule has 0 unspecified atom stereocenters. The third-order valence-corrected chi connectivity index (χ3v) is 2.67. The number of carbonyl (C=O) groups is 1. The summed E-state index contributed by atoms with van der Waals surface area (Å²) in [4.78, 5) is 19.1. The van der Waals surface area contributed by atoms with Gasteiger partial charge in [-0.15, -0.1) is 0 Å². The molecule has 0 amide bonds. The van der Waals surface area contributed by atoms with Crippen LogP contribution in [0.1, 0.15) is 36.1 Å². The molecule has 0 spiro atoms. The van der Waals surface area contributed by atoms with E-state index in [1.54, 1.807) is 19.2 Å². The zero-order valence-corrected chi connectivity index (χ0v) is 10.5. The maximum Gasteiger partial charge on any atom is 0.373 e. The Bertz CT molecular complexity index is 608. The highest BCUT2D eigenvalue weighted by atomic mass is 16.5. The van der Waals surface area contributed by atoms with E-state index in [1.165, 1.54) is 0 Å². The van der Waals surface area contributed by atoms with Crippen molar-refractivity contribution in [2.75, 3.05) is 7.11 Å². The molecule has 0 atom stereocenters. The number of fused-ring (bicyclic) bond motifs is 1. The smallest absolute Gasteiger partial charge is 0.373 e. The number of hydrogen-bond acceptors (Lipinski definition) is 4. The molecule has 2 aromatic rings. The lowest BCUT2D eigenvalue weighted by Gasteiger charge is -2.10. The number of ether oxygens (including phenoxy) is 1. The monoisotopic (exact) mass is 246 g/mol. The summed E-state index contributed by atoms with van der Waals surface area (Å²) in [6.07, 6.45) is 0. The number of methoxy groups -OCH3 is 1. The van der Waals surface area contributed by atoms with Crippen LogP contribution in [0.15, 0.2) is 18.2 Å². The molecule has 5 nitrogen and oxygen atoms in total. The first kappa shape index (κ1) is 12.3. The quantitative estimate of drug-likeness (QED) is 0.900. The van der Waals surface area contributed by atoms with E-state index in [0.29, 0.717) is 11.3 Å². The predicted octanol–water partition coefficient (Wildman–Crippen LogP) is 2.46. The molecule has 2 rings (SSSR count). The van der Waals surface area contributed by atoms with Gasteiger partial charge in [0.05, 0.1) is 18.3 Å². The van der Waals surface area contributed by atoms with Gasteiger partial charge in [0.2, 0.25) is 5.82 Å². The second kappa shape index (κ2) is 4.60. The van der Waals surface area contributed by atoms with Gasteiger partial charge in [-0.2, -0.15) is 0 Å². The fourth-order valence-electron chi connectivity index (χ4n) is 1.79. The Labute approximate surface area is 104 Å². The number of rotatable bonds is 3. The maximum absolute atomic E-state index is 11.0. The largest absolute Gasteiger partial charge is 0.497 e. The van der Waals surface area contributed by atoms with Gasteiger partial charge in [0.25, 0.3) is 0 Å². The maximum atomic E-state index is 11.0. The van der Waals surface area contributed by atoms with Crippen LogP contribution in [-0.2, 0) is 0 Å². The number of nitrogens with zero attached hydrogens (tertiary/aromatic N) is 2. The van der Waals surface area contributed by atoms with Gasteiger partial charge in [-0.1, -0.05) is 13.8 Å². The van der Waals surface area contributed by atoms with Crippen molar-refractivity contribution in [2.45, 2.75) is 19.8 Å². The molecule has 94 valence electrons. The van der Waals surface area contributed by atoms with Crippen molar-refractivity contribution in [2.24, 2.45) is 0 Å². The summed E-state index contributed by atoms with van der Waals surface area (Å²) in [5.41, 5.74) is 1.34. The number of carboxylic acid groups (broad SMARTS) is 1. The third-order valence-electron chi connectivity index (χ3n) is 2.67. The number of hydrogen-bond donors (Lipinski definition) is 1. The van der Waals surface area contributed by atoms with Gasteiger partial charge in [0.15, 0.2) is 0 Å². The van der Waals surface area contributed by atoms with Crippen molar-refractivity contribution in [3.8, 4) is 5.75 Å². The molecule has 0 aliphatic rings. The van der Waals surface area contributed by atoms with Crippen molar-refractivity contribution in [3.05, 3.63) is 29.7 Å². The molecule has 18 heavy (non-hydrogen) atoms. The van der Waals surface area contributed by atoms with Crippen molar-refractivity contribution in [1.82, 2.24) is 9.97 Å². The van der Waals surface area contributed by atoms with Crippen LogP contribution in [0.2, 0.25) is 0 Å². The lowest BCUT2D eigenvalue weighted by atomic mass is 10.0. The van der Waals surface area contributed by atoms with Gasteiger partial charge in [-0.05, 0) is 24.1 Å². The van der Waals surface area contributed by atoms with Gasteiger partial charge < -0.3 is 9.84 Å². The van der Waals surface area contributed by atoms with Crippen molar-refractivity contribution >= 4 is 16.9 Å². The zero-order chi connectivity index (χ0) is 13.3. The first-order chi connectivity index (χ1) is 8.52. The van der Waals surface area contributed by atoms with E-state index >= 15 is 0 Å². The van der Waals surface area contributed by atoms with Crippen LogP contribution in [0.25, 0.3) is 10.9 Å². The minimum atomic E-state index is -1.12. The van der Waals surface area contributed by atoms with Gasteiger partial charge >= 0.3 is 5.97 Å². The molecule has 0 saturated carbocycles. The Kier molecular flexibility index (Phi) is 3.14. The van der Waals surface area contributed by atoms with Gasteiger partial charge in [-0.3, -0.25) is 0 Å². The highest BCUT2D eigenvalue weighted by Gasteiger charge is 2.15. The number of aromatic carboxylic acids is 1. The molecule has 0 fully saturated rings. The fraction of sp³-hybridized carbons (Fsp3) is 0.308. The van der Waals surface area contributed by atoms with Gasteiger partial charge in [-0.25, -0.2) is 14.8 Å². The molecule has 1 N–H and O–H groups in total. The Morgan fingerprint density at radius 2 is 2.06 bits per heavy atom. The first-order valence-corrected chi connectivity index (χ1v) is 5.62. The van der Waals surface area contributed by atoms with Crippen molar-refractivity contribution < 1.29 is 14.6 Å². The van der Waals surface area contributed by atoms with Gasteiger partial charge in [0, 0.05) is 5.39 Å². The number of aromatic nitrogens is 2. The third kappa shape index (κ3) is 2.11. The summed E-state index contributed by atoms with van der Waals surface area (Å²) in [7, 11) is 1.59. The Morgan fingerprint density at radius 1 is 1.33 bits per heavy atom. The van der Waals surface area contributed by atoms with E-state index in [9.17, 15) is 4.79 Å². The topological polar surface area (TPSA) is 72.3 Å². The molecule has 0 aliphatic heterocycles. The predicted molar refractivity (Wildman–Crippen MR) is 67.1 cm³/mol. The van der Waals surface area contributed by atoms with Crippen LogP contribution in [0.4, 0.5) is 0 Å². The van der Waals surface area contributed by atoms with Crippen LogP contribution in [0.5, 0.6) is 5.75 Å². The molecule has 0 saturated heterocycles. The molecular formula is C13H14N2O3. The summed E-state index contributed by atoms with van der Waals surface area (Å²) in [5, 5.41) is 9.83. The van der Waals surface area contributed by atoms with Crippen LogP contribution in [0.3, 0.4) is 0 Å². The molecule has 1 aromatic heterocycles. The minimum absolute atomic E-state index is 0.112. The van der Waals surface area contributed by atoms with Crippen LogP contribution in [0, 0.1) is 0 Å². The Morgan fingerprint density at radius 3 is 2.61 bits per heavy atom. The average Bonchev–Trinajstić information content (AvgIpc) is 2.36. The van der Waals surface area contributed by atoms with Gasteiger partial charge in [0.1, 0.15) is 5.75 Å². The van der Waals surface area contributed by atoms with E-state index < -0.39 is 5.97 Å². The normalized spacial score (nSPS) is 10.9. The molecule has 0 aliphatic carbocycles. The second-order valence-electron chi connectivity index (χ2n) is 4.28. The lowest BCUT2D eigenvalue weighted by Crippen LogP contribution is -2.08. The standard InChI is InChI=1S/C13H14N2O3/c1-7(2)11-9-6-8(18-3)4-5-10(9)14-12(15-11)13(16)17/h4-7H,1-3H3,(H,16,17). The first-order valence-electron chi connectivity index (χ1n) is 5.62. The lowest BCUT2D eigenvalue weighted by molar-refractivity contribution is 0.0683. The highest BCUT2D eigenvalue weighted by Crippen LogP contribution is 2.26. The summed E-state index contributed by atoms with van der Waals surface area (Å²) < 4.78 is 5.16. The van der Waals surface area contributed by atoms with E-state index in [1.807, 2.05) is 19.9 Å². The van der Waals surface area contributed by atoms with Crippen LogP contribution < -0.4 is 4.74 Å². The number of carboxylic acids is 1. The zero-order valence-electron chi connectivity index (χ0n) is 10.5. The van der Waals surface area contributed by atoms with Crippen LogP contribution in [-0.4, -0.2) is 28.2 Å². The molecule has 5 heteroatoms. The summed E-state index contributed by atoms with van der Waals surface area (Å²) >= 11 is 0. The summed E-state index contributed by atoms with van der Waals surface area (Å²) in [6, 6.07) is 5.33. The Balaban J connectivity index is 2.76. The van der Waals surface area contributed by atoms with E-state index in [0.717, 1.165) is 11.1 Å². The number of benzene rings is 1. The fourth-order valence-corrected chi connectivity index (χ4v) is 1.79. The van der Waals surface area contributed by atoms with E-state index in [-0.39, 0.29) is 11.7 Å². The highest BCUT2D eigenvalue weighted by molar-refractivity contribution is 5.89.